The Morgan fingerprint density at radius 1 is 0.824 bits per heavy atom. The quantitative estimate of drug-likeness (QED) is 0.236. The Balaban J connectivity index is 1.52. The Hall–Kier alpha value is -1.73. The summed E-state index contributed by atoms with van der Waals surface area (Å²) in [4.78, 5) is 25.6. The van der Waals surface area contributed by atoms with Crippen molar-refractivity contribution in [1.29, 1.82) is 0 Å². The molecule has 1 fully saturated rings. The Morgan fingerprint density at radius 3 is 2.12 bits per heavy atom. The summed E-state index contributed by atoms with van der Waals surface area (Å²) in [5.41, 5.74) is 1.19. The monoisotopic (exact) mass is 578 g/mol. The van der Waals surface area contributed by atoms with Gasteiger partial charge in [-0.25, -0.2) is 4.39 Å². The first-order valence-corrected chi connectivity index (χ1v) is 12.0. The number of amides is 2. The maximum Gasteiger partial charge on any atom is 0.257 e. The van der Waals surface area contributed by atoms with Crippen molar-refractivity contribution in [2.45, 2.75) is 10.3 Å². The molecule has 2 atom stereocenters. The second-order valence-corrected chi connectivity index (χ2v) is 10.6. The van der Waals surface area contributed by atoms with E-state index < -0.39 is 33.8 Å². The lowest BCUT2D eigenvalue weighted by Crippen LogP contribution is -2.18. The molecule has 176 valence electrons. The van der Waals surface area contributed by atoms with Crippen LogP contribution in [-0.2, 0) is 4.79 Å². The molecule has 0 heterocycles. The zero-order valence-electron chi connectivity index (χ0n) is 16.8. The number of benzene rings is 3. The van der Waals surface area contributed by atoms with Crippen molar-refractivity contribution in [3.05, 3.63) is 91.6 Å². The van der Waals surface area contributed by atoms with Gasteiger partial charge in [-0.05, 0) is 54.1 Å². The van der Waals surface area contributed by atoms with Crippen LogP contribution in [0.4, 0.5) is 15.8 Å². The van der Waals surface area contributed by atoms with Gasteiger partial charge in [0.1, 0.15) is 10.2 Å². The van der Waals surface area contributed by atoms with Gasteiger partial charge < -0.3 is 10.6 Å². The van der Waals surface area contributed by atoms with Crippen LogP contribution in [-0.4, -0.2) is 16.1 Å². The zero-order chi connectivity index (χ0) is 24.8. The molecule has 0 radical (unpaired) electrons. The minimum absolute atomic E-state index is 0.0790. The third-order valence-corrected chi connectivity index (χ3v) is 7.73. The number of rotatable bonds is 5. The number of hydrogen-bond donors (Lipinski definition) is 2. The Labute approximate surface area is 224 Å². The molecule has 2 unspecified atom stereocenters. The van der Waals surface area contributed by atoms with Crippen LogP contribution in [0.5, 0.6) is 0 Å². The second kappa shape index (κ2) is 9.73. The maximum atomic E-state index is 13.4. The summed E-state index contributed by atoms with van der Waals surface area (Å²) in [6, 6.07) is 12.9. The van der Waals surface area contributed by atoms with Crippen molar-refractivity contribution in [3.8, 4) is 0 Å². The highest BCUT2D eigenvalue weighted by molar-refractivity contribution is 6.54. The summed E-state index contributed by atoms with van der Waals surface area (Å²) in [6.45, 7) is 0. The van der Waals surface area contributed by atoms with Gasteiger partial charge >= 0.3 is 0 Å². The van der Waals surface area contributed by atoms with E-state index in [4.69, 9.17) is 69.6 Å². The zero-order valence-corrected chi connectivity index (χ0v) is 21.3. The summed E-state index contributed by atoms with van der Waals surface area (Å²) >= 11 is 37.1. The maximum absolute atomic E-state index is 13.4. The van der Waals surface area contributed by atoms with E-state index in [1.54, 1.807) is 12.1 Å². The third-order valence-electron chi connectivity index (χ3n) is 5.26. The van der Waals surface area contributed by atoms with Crippen LogP contribution in [0.15, 0.2) is 54.6 Å². The summed E-state index contributed by atoms with van der Waals surface area (Å²) in [5.74, 6) is -2.95. The lowest BCUT2D eigenvalue weighted by atomic mass is 10.1. The van der Waals surface area contributed by atoms with E-state index in [0.29, 0.717) is 11.3 Å². The molecule has 0 bridgehead atoms. The molecule has 1 saturated carbocycles. The number of carbonyl (C=O) groups is 2. The predicted molar refractivity (Wildman–Crippen MR) is 137 cm³/mol. The molecule has 11 heteroatoms. The molecular formula is C23H13Cl6FN2O2. The summed E-state index contributed by atoms with van der Waals surface area (Å²) in [5, 5.41) is 6.02. The van der Waals surface area contributed by atoms with Crippen molar-refractivity contribution in [1.82, 2.24) is 0 Å². The Bertz CT molecular complexity index is 1290. The largest absolute Gasteiger partial charge is 0.326 e. The van der Waals surface area contributed by atoms with E-state index in [9.17, 15) is 14.0 Å². The minimum Gasteiger partial charge on any atom is -0.326 e. The van der Waals surface area contributed by atoms with Crippen molar-refractivity contribution in [2.75, 3.05) is 10.6 Å². The Morgan fingerprint density at radius 2 is 1.47 bits per heavy atom. The number of alkyl halides is 2. The fourth-order valence-corrected chi connectivity index (χ4v) is 5.23. The summed E-state index contributed by atoms with van der Waals surface area (Å²) in [6.07, 6.45) is 0. The molecular weight excluding hydrogens is 568 g/mol. The number of anilines is 2. The van der Waals surface area contributed by atoms with Crippen LogP contribution in [0.25, 0.3) is 0 Å². The van der Waals surface area contributed by atoms with Crippen LogP contribution in [0.2, 0.25) is 20.1 Å². The molecule has 2 amide bonds. The molecule has 0 aromatic heterocycles. The first-order chi connectivity index (χ1) is 16.0. The first-order valence-electron chi connectivity index (χ1n) is 9.68. The molecule has 0 saturated heterocycles. The first kappa shape index (κ1) is 25.4. The van der Waals surface area contributed by atoms with Gasteiger partial charge in [-0.3, -0.25) is 9.59 Å². The molecule has 0 aliphatic heterocycles. The predicted octanol–water partition coefficient (Wildman–Crippen LogP) is 8.22. The van der Waals surface area contributed by atoms with E-state index in [0.717, 1.165) is 0 Å². The van der Waals surface area contributed by atoms with E-state index >= 15 is 0 Å². The van der Waals surface area contributed by atoms with Gasteiger partial charge in [-0.1, -0.05) is 52.5 Å². The second-order valence-electron chi connectivity index (χ2n) is 7.58. The lowest BCUT2D eigenvalue weighted by molar-refractivity contribution is -0.117. The van der Waals surface area contributed by atoms with Gasteiger partial charge in [-0.2, -0.15) is 0 Å². The van der Waals surface area contributed by atoms with Crippen molar-refractivity contribution >= 4 is 92.8 Å². The van der Waals surface area contributed by atoms with E-state index in [-0.39, 0.29) is 31.3 Å². The fourth-order valence-electron chi connectivity index (χ4n) is 3.58. The highest BCUT2D eigenvalue weighted by Gasteiger charge is 2.67. The van der Waals surface area contributed by atoms with Crippen molar-refractivity contribution < 1.29 is 14.0 Å². The van der Waals surface area contributed by atoms with Gasteiger partial charge in [0, 0.05) is 17.3 Å². The molecule has 1 aliphatic rings. The minimum atomic E-state index is -1.39. The smallest absolute Gasteiger partial charge is 0.257 e. The normalized spacial score (nSPS) is 18.3. The van der Waals surface area contributed by atoms with Crippen LogP contribution >= 0.6 is 69.6 Å². The van der Waals surface area contributed by atoms with Gasteiger partial charge in [0.2, 0.25) is 5.91 Å². The van der Waals surface area contributed by atoms with Crippen LogP contribution in [0, 0.1) is 11.7 Å². The summed E-state index contributed by atoms with van der Waals surface area (Å²) < 4.78 is 12.0. The fraction of sp³-hybridized carbons (Fsp3) is 0.130. The van der Waals surface area contributed by atoms with E-state index in [1.807, 2.05) is 0 Å². The highest BCUT2D eigenvalue weighted by atomic mass is 35.5. The van der Waals surface area contributed by atoms with E-state index in [2.05, 4.69) is 10.6 Å². The SMILES string of the molecule is O=C(Nc1cccc(F)c1)c1cc(NC(=O)C2C(c3cc(Cl)c(Cl)c(Cl)c3)C2(Cl)Cl)ccc1Cl. The molecule has 4 rings (SSSR count). The number of halogens is 7. The average Bonchev–Trinajstić information content (AvgIpc) is 3.35. The Kier molecular flexibility index (Phi) is 7.26. The number of hydrogen-bond acceptors (Lipinski definition) is 2. The number of carbonyl (C=O) groups excluding carboxylic acids is 2. The van der Waals surface area contributed by atoms with Crippen molar-refractivity contribution in [3.63, 3.8) is 0 Å². The van der Waals surface area contributed by atoms with Gasteiger partial charge in [0.05, 0.1) is 31.6 Å². The number of nitrogens with one attached hydrogen (secondary N) is 2. The standard InChI is InChI=1S/C23H13Cl6FN2O2/c24-15-5-4-13(9-14(15)21(33)31-12-3-1-2-11(30)8-12)32-22(34)19-18(23(19,28)29)10-6-16(25)20(27)17(26)7-10/h1-9,18-19H,(H,31,33)(H,32,34). The lowest BCUT2D eigenvalue weighted by Gasteiger charge is -2.10. The van der Waals surface area contributed by atoms with Gasteiger partial charge in [-0.15, -0.1) is 23.2 Å². The molecule has 4 nitrogen and oxygen atoms in total. The van der Waals surface area contributed by atoms with Crippen LogP contribution in [0.3, 0.4) is 0 Å². The average molecular weight is 581 g/mol. The topological polar surface area (TPSA) is 58.2 Å². The van der Waals surface area contributed by atoms with Gasteiger partial charge in [0.25, 0.3) is 5.91 Å². The highest BCUT2D eigenvalue weighted by Crippen LogP contribution is 2.65. The van der Waals surface area contributed by atoms with Crippen LogP contribution < -0.4 is 10.6 Å². The molecule has 3 aromatic rings. The molecule has 1 aliphatic carbocycles. The van der Waals surface area contributed by atoms with Crippen LogP contribution in [0.1, 0.15) is 21.8 Å². The molecule has 3 aromatic carbocycles. The van der Waals surface area contributed by atoms with E-state index in [1.165, 1.54) is 42.5 Å². The van der Waals surface area contributed by atoms with Gasteiger partial charge in [0.15, 0.2) is 0 Å². The summed E-state index contributed by atoms with van der Waals surface area (Å²) in [7, 11) is 0. The molecule has 0 spiro atoms. The molecule has 34 heavy (non-hydrogen) atoms. The van der Waals surface area contributed by atoms with Crippen molar-refractivity contribution in [2.24, 2.45) is 5.92 Å². The molecule has 2 N–H and O–H groups in total. The third kappa shape index (κ3) is 5.11.